The molecule has 0 radical (unpaired) electrons. The lowest BCUT2D eigenvalue weighted by Gasteiger charge is -2.21. The molecule has 0 atom stereocenters. The van der Waals surface area contributed by atoms with E-state index in [2.05, 4.69) is 6.92 Å². The van der Waals surface area contributed by atoms with E-state index in [0.717, 1.165) is 12.8 Å². The summed E-state index contributed by atoms with van der Waals surface area (Å²) in [4.78, 5) is 25.2. The standard InChI is InChI=1S/C17H33NO4/c1-5-7-8-9-12-18(17(20)21-6-2)13-10-11-16(19)22-14-15(3)4/h15H,5-14H2,1-4H3. The summed E-state index contributed by atoms with van der Waals surface area (Å²) in [6.07, 6.45) is 5.11. The average molecular weight is 315 g/mol. The highest BCUT2D eigenvalue weighted by Gasteiger charge is 2.14. The second-order valence-corrected chi connectivity index (χ2v) is 5.93. The molecule has 0 N–H and O–H groups in total. The summed E-state index contributed by atoms with van der Waals surface area (Å²) in [5.74, 6) is 0.155. The van der Waals surface area contributed by atoms with Crippen molar-refractivity contribution in [2.75, 3.05) is 26.3 Å². The second-order valence-electron chi connectivity index (χ2n) is 5.93. The molecule has 5 nitrogen and oxygen atoms in total. The molecule has 0 aliphatic carbocycles. The minimum absolute atomic E-state index is 0.191. The molecule has 0 fully saturated rings. The lowest BCUT2D eigenvalue weighted by atomic mass is 10.2. The number of amides is 1. The van der Waals surface area contributed by atoms with Gasteiger partial charge in [0.05, 0.1) is 13.2 Å². The zero-order chi connectivity index (χ0) is 16.8. The molecule has 0 aromatic heterocycles. The molecule has 0 aliphatic rings. The Balaban J connectivity index is 4.05. The Labute approximate surface area is 135 Å². The van der Waals surface area contributed by atoms with Crippen LogP contribution in [0.15, 0.2) is 0 Å². The van der Waals surface area contributed by atoms with E-state index in [-0.39, 0.29) is 12.1 Å². The van der Waals surface area contributed by atoms with Gasteiger partial charge in [-0.1, -0.05) is 40.0 Å². The third-order valence-corrected chi connectivity index (χ3v) is 3.19. The molecule has 0 saturated carbocycles. The van der Waals surface area contributed by atoms with Crippen LogP contribution in [-0.2, 0) is 14.3 Å². The first kappa shape index (κ1) is 20.7. The largest absolute Gasteiger partial charge is 0.465 e. The Morgan fingerprint density at radius 1 is 0.955 bits per heavy atom. The third kappa shape index (κ3) is 11.4. The number of hydrogen-bond donors (Lipinski definition) is 0. The van der Waals surface area contributed by atoms with Crippen molar-refractivity contribution in [3.8, 4) is 0 Å². The van der Waals surface area contributed by atoms with Crippen LogP contribution >= 0.6 is 0 Å². The molecule has 1 amide bonds. The van der Waals surface area contributed by atoms with Gasteiger partial charge in [-0.15, -0.1) is 0 Å². The quantitative estimate of drug-likeness (QED) is 0.403. The molecule has 22 heavy (non-hydrogen) atoms. The van der Waals surface area contributed by atoms with Crippen LogP contribution in [-0.4, -0.2) is 43.3 Å². The second kappa shape index (κ2) is 13.4. The fraction of sp³-hybridized carbons (Fsp3) is 0.882. The van der Waals surface area contributed by atoms with Gasteiger partial charge in [0, 0.05) is 19.5 Å². The zero-order valence-electron chi connectivity index (χ0n) is 14.7. The van der Waals surface area contributed by atoms with Gasteiger partial charge in [0.1, 0.15) is 0 Å². The first-order chi connectivity index (χ1) is 10.5. The summed E-state index contributed by atoms with van der Waals surface area (Å²) in [5.41, 5.74) is 0. The molecule has 0 spiro atoms. The molecule has 0 aromatic rings. The van der Waals surface area contributed by atoms with Gasteiger partial charge in [0.15, 0.2) is 0 Å². The van der Waals surface area contributed by atoms with Gasteiger partial charge in [-0.2, -0.15) is 0 Å². The normalized spacial score (nSPS) is 10.6. The Morgan fingerprint density at radius 3 is 2.23 bits per heavy atom. The predicted octanol–water partition coefficient (Wildman–Crippen LogP) is 4.00. The van der Waals surface area contributed by atoms with E-state index >= 15 is 0 Å². The number of esters is 1. The molecule has 0 aliphatic heterocycles. The number of unbranched alkanes of at least 4 members (excludes halogenated alkanes) is 3. The maximum absolute atomic E-state index is 11.9. The number of hydrogen-bond acceptors (Lipinski definition) is 4. The van der Waals surface area contributed by atoms with Crippen molar-refractivity contribution in [1.82, 2.24) is 4.90 Å². The monoisotopic (exact) mass is 315 g/mol. The van der Waals surface area contributed by atoms with Crippen molar-refractivity contribution in [1.29, 1.82) is 0 Å². The minimum Gasteiger partial charge on any atom is -0.465 e. The summed E-state index contributed by atoms with van der Waals surface area (Å²) >= 11 is 0. The summed E-state index contributed by atoms with van der Waals surface area (Å²) in [7, 11) is 0. The summed E-state index contributed by atoms with van der Waals surface area (Å²) < 4.78 is 10.2. The lowest BCUT2D eigenvalue weighted by molar-refractivity contribution is -0.144. The van der Waals surface area contributed by atoms with Crippen molar-refractivity contribution in [3.63, 3.8) is 0 Å². The maximum Gasteiger partial charge on any atom is 0.409 e. The molecule has 0 saturated heterocycles. The van der Waals surface area contributed by atoms with E-state index < -0.39 is 0 Å². The predicted molar refractivity (Wildman–Crippen MR) is 87.8 cm³/mol. The van der Waals surface area contributed by atoms with Crippen LogP contribution < -0.4 is 0 Å². The van der Waals surface area contributed by atoms with E-state index in [1.807, 2.05) is 13.8 Å². The molecule has 0 unspecified atom stereocenters. The van der Waals surface area contributed by atoms with Crippen LogP contribution in [0.5, 0.6) is 0 Å². The number of rotatable bonds is 12. The van der Waals surface area contributed by atoms with Crippen LogP contribution in [0.3, 0.4) is 0 Å². The minimum atomic E-state index is -0.283. The first-order valence-corrected chi connectivity index (χ1v) is 8.58. The fourth-order valence-corrected chi connectivity index (χ4v) is 1.98. The summed E-state index contributed by atoms with van der Waals surface area (Å²) in [6.45, 7) is 10.0. The van der Waals surface area contributed by atoms with Crippen LogP contribution in [0.25, 0.3) is 0 Å². The maximum atomic E-state index is 11.9. The smallest absolute Gasteiger partial charge is 0.409 e. The van der Waals surface area contributed by atoms with E-state index in [1.54, 1.807) is 11.8 Å². The highest BCUT2D eigenvalue weighted by Crippen LogP contribution is 2.06. The number of carbonyl (C=O) groups is 2. The highest BCUT2D eigenvalue weighted by atomic mass is 16.6. The SMILES string of the molecule is CCCCCCN(CCCC(=O)OCC(C)C)C(=O)OCC. The topological polar surface area (TPSA) is 55.8 Å². The summed E-state index contributed by atoms with van der Waals surface area (Å²) in [5, 5.41) is 0. The highest BCUT2D eigenvalue weighted by molar-refractivity contribution is 5.70. The molecule has 0 heterocycles. The van der Waals surface area contributed by atoms with E-state index in [9.17, 15) is 9.59 Å². The Hall–Kier alpha value is -1.26. The fourth-order valence-electron chi connectivity index (χ4n) is 1.98. The van der Waals surface area contributed by atoms with Gasteiger partial charge in [0.2, 0.25) is 0 Å². The lowest BCUT2D eigenvalue weighted by Crippen LogP contribution is -2.33. The van der Waals surface area contributed by atoms with Crippen molar-refractivity contribution >= 4 is 12.1 Å². The van der Waals surface area contributed by atoms with Crippen molar-refractivity contribution in [2.24, 2.45) is 5.92 Å². The number of carbonyl (C=O) groups excluding carboxylic acids is 2. The van der Waals surface area contributed by atoms with Crippen molar-refractivity contribution < 1.29 is 19.1 Å². The summed E-state index contributed by atoms with van der Waals surface area (Å²) in [6, 6.07) is 0. The first-order valence-electron chi connectivity index (χ1n) is 8.58. The molecule has 0 rings (SSSR count). The van der Waals surface area contributed by atoms with E-state index in [1.165, 1.54) is 12.8 Å². The molecule has 0 aromatic carbocycles. The van der Waals surface area contributed by atoms with Crippen molar-refractivity contribution in [3.05, 3.63) is 0 Å². The van der Waals surface area contributed by atoms with Crippen LogP contribution in [0.1, 0.15) is 66.2 Å². The van der Waals surface area contributed by atoms with Gasteiger partial charge in [-0.3, -0.25) is 4.79 Å². The Kier molecular flexibility index (Phi) is 12.6. The van der Waals surface area contributed by atoms with E-state index in [0.29, 0.717) is 45.1 Å². The van der Waals surface area contributed by atoms with Crippen LogP contribution in [0, 0.1) is 5.92 Å². The Morgan fingerprint density at radius 2 is 1.64 bits per heavy atom. The molecule has 5 heteroatoms. The van der Waals surface area contributed by atoms with Crippen molar-refractivity contribution in [2.45, 2.75) is 66.2 Å². The molecule has 130 valence electrons. The Bertz CT molecular complexity index is 305. The van der Waals surface area contributed by atoms with Gasteiger partial charge < -0.3 is 14.4 Å². The molecular formula is C17H33NO4. The van der Waals surface area contributed by atoms with Crippen LogP contribution in [0.4, 0.5) is 4.79 Å². The van der Waals surface area contributed by atoms with Gasteiger partial charge in [-0.25, -0.2) is 4.79 Å². The van der Waals surface area contributed by atoms with Crippen LogP contribution in [0.2, 0.25) is 0 Å². The molecule has 0 bridgehead atoms. The average Bonchev–Trinajstić information content (AvgIpc) is 2.47. The zero-order valence-corrected chi connectivity index (χ0v) is 14.7. The van der Waals surface area contributed by atoms with Gasteiger partial charge >= 0.3 is 12.1 Å². The number of ether oxygens (including phenoxy) is 2. The molecular weight excluding hydrogens is 282 g/mol. The van der Waals surface area contributed by atoms with E-state index in [4.69, 9.17) is 9.47 Å². The van der Waals surface area contributed by atoms with Gasteiger partial charge in [0.25, 0.3) is 0 Å². The van der Waals surface area contributed by atoms with Gasteiger partial charge in [-0.05, 0) is 25.7 Å². The number of nitrogens with zero attached hydrogens (tertiary/aromatic N) is 1. The third-order valence-electron chi connectivity index (χ3n) is 3.19.